The first kappa shape index (κ1) is 19.3. The number of carbonyl (C=O) groups excluding carboxylic acids is 1. The summed E-state index contributed by atoms with van der Waals surface area (Å²) in [5.74, 6) is -0.548. The molecule has 0 radical (unpaired) electrons. The average molecular weight is 411 g/mol. The standard InChI is InChI=1S/C17H15F2N3O3S2/c1-9(14(23)20-10-5-3-4-6-12(10)25-16(18)19)27-17-21-11-7-8-26-13(11)15(24)22(17)2/h3-9,16H,1-2H3,(H,20,23). The summed E-state index contributed by atoms with van der Waals surface area (Å²) in [6.07, 6.45) is 0. The number of anilines is 1. The van der Waals surface area contributed by atoms with E-state index in [1.165, 1.54) is 34.1 Å². The zero-order chi connectivity index (χ0) is 19.6. The number of nitrogens with one attached hydrogen (secondary N) is 1. The van der Waals surface area contributed by atoms with Gasteiger partial charge in [0.15, 0.2) is 5.16 Å². The molecule has 0 aliphatic heterocycles. The minimum absolute atomic E-state index is 0.122. The van der Waals surface area contributed by atoms with Gasteiger partial charge in [-0.2, -0.15) is 8.78 Å². The number of rotatable bonds is 6. The highest BCUT2D eigenvalue weighted by atomic mass is 32.2. The number of ether oxygens (including phenoxy) is 1. The van der Waals surface area contributed by atoms with Gasteiger partial charge in [0.1, 0.15) is 10.4 Å². The predicted molar refractivity (Wildman–Crippen MR) is 102 cm³/mol. The van der Waals surface area contributed by atoms with Crippen LogP contribution in [0.1, 0.15) is 6.92 Å². The summed E-state index contributed by atoms with van der Waals surface area (Å²) < 4.78 is 31.3. The van der Waals surface area contributed by atoms with Crippen LogP contribution in [-0.2, 0) is 11.8 Å². The van der Waals surface area contributed by atoms with Crippen LogP contribution < -0.4 is 15.6 Å². The van der Waals surface area contributed by atoms with Crippen molar-refractivity contribution in [2.24, 2.45) is 7.05 Å². The Morgan fingerprint density at radius 1 is 1.33 bits per heavy atom. The van der Waals surface area contributed by atoms with Gasteiger partial charge in [-0.25, -0.2) is 4.98 Å². The molecule has 3 rings (SSSR count). The fraction of sp³-hybridized carbons (Fsp3) is 0.235. The first-order valence-electron chi connectivity index (χ1n) is 7.82. The number of nitrogens with zero attached hydrogens (tertiary/aromatic N) is 2. The third-order valence-electron chi connectivity index (χ3n) is 3.66. The van der Waals surface area contributed by atoms with Crippen LogP contribution in [0.15, 0.2) is 45.7 Å². The molecule has 6 nitrogen and oxygen atoms in total. The highest BCUT2D eigenvalue weighted by Crippen LogP contribution is 2.28. The number of carbonyl (C=O) groups is 1. The molecule has 1 unspecified atom stereocenters. The Hall–Kier alpha value is -2.46. The summed E-state index contributed by atoms with van der Waals surface area (Å²) in [7, 11) is 1.59. The van der Waals surface area contributed by atoms with Crippen molar-refractivity contribution < 1.29 is 18.3 Å². The van der Waals surface area contributed by atoms with Gasteiger partial charge in [0.05, 0.1) is 16.5 Å². The molecule has 1 N–H and O–H groups in total. The van der Waals surface area contributed by atoms with Crippen molar-refractivity contribution in [3.8, 4) is 5.75 Å². The number of para-hydroxylation sites is 2. The lowest BCUT2D eigenvalue weighted by Gasteiger charge is -2.15. The normalized spacial score (nSPS) is 12.3. The topological polar surface area (TPSA) is 73.2 Å². The number of fused-ring (bicyclic) bond motifs is 1. The number of aromatic nitrogens is 2. The van der Waals surface area contributed by atoms with Gasteiger partial charge in [0.25, 0.3) is 5.56 Å². The molecule has 0 fully saturated rings. The molecule has 2 aromatic heterocycles. The van der Waals surface area contributed by atoms with E-state index in [4.69, 9.17) is 0 Å². The molecule has 0 saturated heterocycles. The quantitative estimate of drug-likeness (QED) is 0.494. The van der Waals surface area contributed by atoms with Crippen LogP contribution in [0.5, 0.6) is 5.75 Å². The molecule has 1 atom stereocenters. The molecule has 3 aromatic rings. The van der Waals surface area contributed by atoms with Gasteiger partial charge in [-0.05, 0) is 30.5 Å². The second-order valence-electron chi connectivity index (χ2n) is 5.52. The Balaban J connectivity index is 1.77. The Kier molecular flexibility index (Phi) is 5.76. The second-order valence-corrected chi connectivity index (χ2v) is 7.74. The van der Waals surface area contributed by atoms with E-state index in [9.17, 15) is 18.4 Å². The van der Waals surface area contributed by atoms with Crippen LogP contribution >= 0.6 is 23.1 Å². The minimum Gasteiger partial charge on any atom is -0.433 e. The molecule has 10 heteroatoms. The van der Waals surface area contributed by atoms with Crippen LogP contribution in [0.25, 0.3) is 10.2 Å². The molecule has 0 saturated carbocycles. The van der Waals surface area contributed by atoms with E-state index in [1.807, 2.05) is 0 Å². The van der Waals surface area contributed by atoms with Crippen LogP contribution in [0.2, 0.25) is 0 Å². The lowest BCUT2D eigenvalue weighted by atomic mass is 10.3. The van der Waals surface area contributed by atoms with Gasteiger partial charge in [0, 0.05) is 7.05 Å². The van der Waals surface area contributed by atoms with Gasteiger partial charge in [-0.15, -0.1) is 11.3 Å². The van der Waals surface area contributed by atoms with Crippen molar-refractivity contribution in [1.82, 2.24) is 9.55 Å². The Labute approximate surface area is 161 Å². The van der Waals surface area contributed by atoms with Crippen LogP contribution in [0.4, 0.5) is 14.5 Å². The number of alkyl halides is 2. The summed E-state index contributed by atoms with van der Waals surface area (Å²) in [4.78, 5) is 29.2. The molecule has 0 aliphatic rings. The number of hydrogen-bond acceptors (Lipinski definition) is 6. The maximum Gasteiger partial charge on any atom is 0.387 e. The number of benzene rings is 1. The Bertz CT molecular complexity index is 1040. The van der Waals surface area contributed by atoms with Crippen molar-refractivity contribution in [3.05, 3.63) is 46.1 Å². The van der Waals surface area contributed by atoms with Crippen LogP contribution in [-0.4, -0.2) is 27.3 Å². The molecule has 0 bridgehead atoms. The molecule has 0 aliphatic carbocycles. The van der Waals surface area contributed by atoms with E-state index >= 15 is 0 Å². The molecular formula is C17H15F2N3O3S2. The molecule has 0 spiro atoms. The van der Waals surface area contributed by atoms with Crippen molar-refractivity contribution in [2.45, 2.75) is 23.9 Å². The van der Waals surface area contributed by atoms with E-state index in [2.05, 4.69) is 15.0 Å². The average Bonchev–Trinajstić information content (AvgIpc) is 3.09. The molecule has 1 aromatic carbocycles. The summed E-state index contributed by atoms with van der Waals surface area (Å²) in [6, 6.07) is 7.69. The monoisotopic (exact) mass is 411 g/mol. The highest BCUT2D eigenvalue weighted by Gasteiger charge is 2.20. The van der Waals surface area contributed by atoms with Gasteiger partial charge in [-0.3, -0.25) is 14.2 Å². The molecule has 2 heterocycles. The third kappa shape index (κ3) is 4.28. The van der Waals surface area contributed by atoms with Crippen LogP contribution in [0.3, 0.4) is 0 Å². The maximum absolute atomic E-state index is 12.5. The molecular weight excluding hydrogens is 396 g/mol. The van der Waals surface area contributed by atoms with E-state index < -0.39 is 17.8 Å². The molecule has 27 heavy (non-hydrogen) atoms. The summed E-state index contributed by atoms with van der Waals surface area (Å²) in [6.45, 7) is -1.36. The first-order valence-corrected chi connectivity index (χ1v) is 9.58. The molecule has 1 amide bonds. The van der Waals surface area contributed by atoms with Gasteiger partial charge >= 0.3 is 6.61 Å². The Morgan fingerprint density at radius 2 is 2.07 bits per heavy atom. The van der Waals surface area contributed by atoms with E-state index in [0.717, 1.165) is 11.8 Å². The van der Waals surface area contributed by atoms with Gasteiger partial charge in [0.2, 0.25) is 5.91 Å². The number of thiophene rings is 1. The summed E-state index contributed by atoms with van der Waals surface area (Å²) >= 11 is 2.42. The number of thioether (sulfide) groups is 1. The largest absolute Gasteiger partial charge is 0.433 e. The second kappa shape index (κ2) is 8.05. The van der Waals surface area contributed by atoms with Crippen molar-refractivity contribution >= 4 is 44.9 Å². The lowest BCUT2D eigenvalue weighted by Crippen LogP contribution is -2.25. The molecule has 142 valence electrons. The first-order chi connectivity index (χ1) is 12.9. The highest BCUT2D eigenvalue weighted by molar-refractivity contribution is 8.00. The number of halogens is 2. The summed E-state index contributed by atoms with van der Waals surface area (Å²) in [5.41, 5.74) is 0.542. The number of amides is 1. The predicted octanol–water partition coefficient (Wildman–Crippen LogP) is 3.72. The van der Waals surface area contributed by atoms with E-state index in [1.54, 1.807) is 31.5 Å². The van der Waals surface area contributed by atoms with Gasteiger partial charge < -0.3 is 10.1 Å². The summed E-state index contributed by atoms with van der Waals surface area (Å²) in [5, 5.41) is 4.12. The fourth-order valence-corrected chi connectivity index (χ4v) is 3.97. The van der Waals surface area contributed by atoms with Gasteiger partial charge in [-0.1, -0.05) is 23.9 Å². The van der Waals surface area contributed by atoms with Crippen molar-refractivity contribution in [2.75, 3.05) is 5.32 Å². The SMILES string of the molecule is CC(Sc1nc2ccsc2c(=O)n1C)C(=O)Nc1ccccc1OC(F)F. The van der Waals surface area contributed by atoms with E-state index in [0.29, 0.717) is 15.4 Å². The minimum atomic E-state index is -2.99. The van der Waals surface area contributed by atoms with E-state index in [-0.39, 0.29) is 17.0 Å². The zero-order valence-electron chi connectivity index (χ0n) is 14.3. The van der Waals surface area contributed by atoms with Crippen molar-refractivity contribution in [3.63, 3.8) is 0 Å². The third-order valence-corrected chi connectivity index (χ3v) is 5.69. The maximum atomic E-state index is 12.5. The lowest BCUT2D eigenvalue weighted by molar-refractivity contribution is -0.115. The van der Waals surface area contributed by atoms with Crippen LogP contribution in [0, 0.1) is 0 Å². The zero-order valence-corrected chi connectivity index (χ0v) is 15.9. The fourth-order valence-electron chi connectivity index (χ4n) is 2.29. The number of hydrogen-bond donors (Lipinski definition) is 1. The van der Waals surface area contributed by atoms with Crippen molar-refractivity contribution in [1.29, 1.82) is 0 Å². The smallest absolute Gasteiger partial charge is 0.387 e. The Morgan fingerprint density at radius 3 is 2.81 bits per heavy atom.